The minimum absolute atomic E-state index is 0.396. The molecule has 0 aromatic heterocycles. The normalized spacial score (nSPS) is 27.3. The second-order valence-electron chi connectivity index (χ2n) is 5.86. The van der Waals surface area contributed by atoms with Crippen molar-refractivity contribution in [1.29, 1.82) is 0 Å². The van der Waals surface area contributed by atoms with Crippen LogP contribution in [-0.2, 0) is 9.84 Å². The van der Waals surface area contributed by atoms with Crippen molar-refractivity contribution in [3.05, 3.63) is 24.3 Å². The molecule has 2 aliphatic rings. The number of nitrogens with zero attached hydrogens (tertiary/aromatic N) is 1. The molecule has 0 radical (unpaired) electrons. The summed E-state index contributed by atoms with van der Waals surface area (Å²) in [7, 11) is -3.09. The van der Waals surface area contributed by atoms with Gasteiger partial charge in [0.05, 0.1) is 4.90 Å². The third kappa shape index (κ3) is 2.49. The first kappa shape index (κ1) is 12.9. The van der Waals surface area contributed by atoms with Crippen molar-refractivity contribution in [2.45, 2.75) is 17.7 Å². The second kappa shape index (κ2) is 4.49. The fourth-order valence-electron chi connectivity index (χ4n) is 3.20. The lowest BCUT2D eigenvalue weighted by atomic mass is 9.86. The van der Waals surface area contributed by atoms with E-state index in [0.717, 1.165) is 31.9 Å². The highest BCUT2D eigenvalue weighted by atomic mass is 32.2. The number of hydrogen-bond acceptors (Lipinski definition) is 4. The standard InChI is InChI=1S/C14H20N2O2S/c1-19(17,18)13-4-2-12(3-5-13)16-9-7-14(11-16)6-8-15-10-14/h2-5,15H,6-11H2,1H3. The van der Waals surface area contributed by atoms with E-state index in [2.05, 4.69) is 10.2 Å². The number of anilines is 1. The van der Waals surface area contributed by atoms with Crippen molar-refractivity contribution < 1.29 is 8.42 Å². The predicted molar refractivity (Wildman–Crippen MR) is 76.3 cm³/mol. The van der Waals surface area contributed by atoms with E-state index in [1.807, 2.05) is 12.1 Å². The molecule has 0 bridgehead atoms. The SMILES string of the molecule is CS(=O)(=O)c1ccc(N2CCC3(CCNC3)C2)cc1. The summed E-state index contributed by atoms with van der Waals surface area (Å²) in [5.74, 6) is 0. The Morgan fingerprint density at radius 2 is 1.95 bits per heavy atom. The molecule has 1 N–H and O–H groups in total. The van der Waals surface area contributed by atoms with Gasteiger partial charge in [0.2, 0.25) is 0 Å². The minimum Gasteiger partial charge on any atom is -0.371 e. The predicted octanol–water partition coefficient (Wildman–Crippen LogP) is 1.28. The Kier molecular flexibility index (Phi) is 3.06. The molecule has 2 fully saturated rings. The van der Waals surface area contributed by atoms with Gasteiger partial charge in [-0.3, -0.25) is 0 Å². The molecule has 2 aliphatic heterocycles. The highest BCUT2D eigenvalue weighted by molar-refractivity contribution is 7.90. The first-order chi connectivity index (χ1) is 8.99. The Labute approximate surface area is 114 Å². The van der Waals surface area contributed by atoms with Crippen LogP contribution in [-0.4, -0.2) is 40.9 Å². The van der Waals surface area contributed by atoms with Crippen LogP contribution >= 0.6 is 0 Å². The van der Waals surface area contributed by atoms with Crippen molar-refractivity contribution in [2.24, 2.45) is 5.41 Å². The molecule has 0 amide bonds. The molecule has 0 aliphatic carbocycles. The van der Waals surface area contributed by atoms with Gasteiger partial charge in [-0.25, -0.2) is 8.42 Å². The number of hydrogen-bond donors (Lipinski definition) is 1. The van der Waals surface area contributed by atoms with E-state index < -0.39 is 9.84 Å². The summed E-state index contributed by atoms with van der Waals surface area (Å²) in [6.45, 7) is 4.39. The number of rotatable bonds is 2. The van der Waals surface area contributed by atoms with Crippen LogP contribution in [0.3, 0.4) is 0 Å². The molecule has 3 rings (SSSR count). The Hall–Kier alpha value is -1.07. The van der Waals surface area contributed by atoms with E-state index in [4.69, 9.17) is 0 Å². The summed E-state index contributed by atoms with van der Waals surface area (Å²) in [6, 6.07) is 7.28. The van der Waals surface area contributed by atoms with Crippen LogP contribution in [0.4, 0.5) is 5.69 Å². The van der Waals surface area contributed by atoms with E-state index in [9.17, 15) is 8.42 Å². The molecule has 2 heterocycles. The Bertz CT molecular complexity index is 560. The van der Waals surface area contributed by atoms with E-state index in [0.29, 0.717) is 10.3 Å². The van der Waals surface area contributed by atoms with Gasteiger partial charge in [0.25, 0.3) is 0 Å². The maximum Gasteiger partial charge on any atom is 0.175 e. The van der Waals surface area contributed by atoms with E-state index in [1.165, 1.54) is 19.1 Å². The van der Waals surface area contributed by atoms with E-state index >= 15 is 0 Å². The van der Waals surface area contributed by atoms with Crippen LogP contribution in [0.1, 0.15) is 12.8 Å². The Balaban J connectivity index is 1.77. The van der Waals surface area contributed by atoms with Crippen molar-refractivity contribution in [2.75, 3.05) is 37.3 Å². The van der Waals surface area contributed by atoms with Crippen molar-refractivity contribution in [3.8, 4) is 0 Å². The van der Waals surface area contributed by atoms with Gasteiger partial charge in [-0.15, -0.1) is 0 Å². The van der Waals surface area contributed by atoms with Crippen molar-refractivity contribution in [1.82, 2.24) is 5.32 Å². The molecular weight excluding hydrogens is 260 g/mol. The molecule has 1 unspecified atom stereocenters. The van der Waals surface area contributed by atoms with Crippen LogP contribution < -0.4 is 10.2 Å². The fourth-order valence-corrected chi connectivity index (χ4v) is 3.83. The Morgan fingerprint density at radius 3 is 2.53 bits per heavy atom. The van der Waals surface area contributed by atoms with Gasteiger partial charge < -0.3 is 10.2 Å². The van der Waals surface area contributed by atoms with E-state index in [1.54, 1.807) is 12.1 Å². The zero-order valence-corrected chi connectivity index (χ0v) is 12.0. The van der Waals surface area contributed by atoms with Crippen LogP contribution in [0.2, 0.25) is 0 Å². The summed E-state index contributed by atoms with van der Waals surface area (Å²) in [4.78, 5) is 2.77. The molecule has 1 spiro atoms. The average molecular weight is 280 g/mol. The first-order valence-electron chi connectivity index (χ1n) is 6.74. The summed E-state index contributed by atoms with van der Waals surface area (Å²) < 4.78 is 22.9. The molecule has 4 nitrogen and oxygen atoms in total. The topological polar surface area (TPSA) is 49.4 Å². The maximum absolute atomic E-state index is 11.4. The average Bonchev–Trinajstić information content (AvgIpc) is 3.00. The lowest BCUT2D eigenvalue weighted by molar-refractivity contribution is 0.369. The van der Waals surface area contributed by atoms with Crippen LogP contribution in [0.25, 0.3) is 0 Å². The van der Waals surface area contributed by atoms with Gasteiger partial charge in [0.15, 0.2) is 9.84 Å². The molecule has 1 aromatic carbocycles. The van der Waals surface area contributed by atoms with Gasteiger partial charge in [0, 0.05) is 37.0 Å². The highest BCUT2D eigenvalue weighted by Crippen LogP contribution is 2.38. The summed E-state index contributed by atoms with van der Waals surface area (Å²) >= 11 is 0. The van der Waals surface area contributed by atoms with Crippen LogP contribution in [0.5, 0.6) is 0 Å². The third-order valence-electron chi connectivity index (χ3n) is 4.40. The monoisotopic (exact) mass is 280 g/mol. The summed E-state index contributed by atoms with van der Waals surface area (Å²) in [5, 5.41) is 3.45. The van der Waals surface area contributed by atoms with Gasteiger partial charge in [-0.1, -0.05) is 0 Å². The van der Waals surface area contributed by atoms with Gasteiger partial charge in [0.1, 0.15) is 0 Å². The summed E-state index contributed by atoms with van der Waals surface area (Å²) in [6.07, 6.45) is 3.73. The van der Waals surface area contributed by atoms with Gasteiger partial charge in [-0.05, 0) is 43.7 Å². The van der Waals surface area contributed by atoms with Crippen LogP contribution in [0.15, 0.2) is 29.2 Å². The van der Waals surface area contributed by atoms with Gasteiger partial charge in [-0.2, -0.15) is 0 Å². The third-order valence-corrected chi connectivity index (χ3v) is 5.53. The molecule has 1 aromatic rings. The van der Waals surface area contributed by atoms with E-state index in [-0.39, 0.29) is 0 Å². The first-order valence-corrected chi connectivity index (χ1v) is 8.64. The maximum atomic E-state index is 11.4. The minimum atomic E-state index is -3.09. The van der Waals surface area contributed by atoms with Crippen molar-refractivity contribution in [3.63, 3.8) is 0 Å². The molecule has 0 saturated carbocycles. The fraction of sp³-hybridized carbons (Fsp3) is 0.571. The van der Waals surface area contributed by atoms with Crippen molar-refractivity contribution >= 4 is 15.5 Å². The van der Waals surface area contributed by atoms with Crippen LogP contribution in [0, 0.1) is 5.41 Å². The number of nitrogens with one attached hydrogen (secondary N) is 1. The second-order valence-corrected chi connectivity index (χ2v) is 7.88. The molecule has 1 atom stereocenters. The largest absolute Gasteiger partial charge is 0.371 e. The summed E-state index contributed by atoms with van der Waals surface area (Å²) in [5.41, 5.74) is 1.58. The van der Waals surface area contributed by atoms with Gasteiger partial charge >= 0.3 is 0 Å². The zero-order chi connectivity index (χ0) is 13.5. The number of sulfone groups is 1. The highest BCUT2D eigenvalue weighted by Gasteiger charge is 2.40. The lowest BCUT2D eigenvalue weighted by Crippen LogP contribution is -2.29. The number of benzene rings is 1. The zero-order valence-electron chi connectivity index (χ0n) is 11.2. The molecular formula is C14H20N2O2S. The molecule has 19 heavy (non-hydrogen) atoms. The molecule has 2 saturated heterocycles. The Morgan fingerprint density at radius 1 is 1.21 bits per heavy atom. The molecule has 104 valence electrons. The smallest absolute Gasteiger partial charge is 0.175 e. The lowest BCUT2D eigenvalue weighted by Gasteiger charge is -2.24. The molecule has 5 heteroatoms. The quantitative estimate of drug-likeness (QED) is 0.886.